The minimum atomic E-state index is -2.58. The first-order chi connectivity index (χ1) is 8.90. The SMILES string of the molecule is C1CO[P+]23OCCOP(N=[P+]4OCCON42)N3O1. The molecule has 3 fully saturated rings. The third-order valence-corrected chi connectivity index (χ3v) is 9.75. The van der Waals surface area contributed by atoms with Crippen LogP contribution in [-0.4, -0.2) is 48.8 Å². The van der Waals surface area contributed by atoms with Crippen molar-refractivity contribution in [3.05, 3.63) is 0 Å². The summed E-state index contributed by atoms with van der Waals surface area (Å²) < 4.78 is 30.9. The molecule has 2 bridgehead atoms. The van der Waals surface area contributed by atoms with Crippen LogP contribution in [0.3, 0.4) is 0 Å². The Morgan fingerprint density at radius 3 is 2.78 bits per heavy atom. The van der Waals surface area contributed by atoms with Gasteiger partial charge in [0.05, 0.1) is 11.2 Å². The highest BCUT2D eigenvalue weighted by Crippen LogP contribution is 2.84. The molecule has 100 valence electrons. The summed E-state index contributed by atoms with van der Waals surface area (Å²) in [5.74, 6) is 0. The monoisotopic (exact) mass is 315 g/mol. The topological polar surface area (TPSA) is 74.2 Å². The largest absolute Gasteiger partial charge is 0.556 e. The van der Waals surface area contributed by atoms with E-state index in [-0.39, 0.29) is 0 Å². The van der Waals surface area contributed by atoms with E-state index in [1.807, 2.05) is 0 Å². The summed E-state index contributed by atoms with van der Waals surface area (Å²) in [6.45, 7) is 2.83. The van der Waals surface area contributed by atoms with Gasteiger partial charge in [-0.2, -0.15) is 9.05 Å². The standard InChI is InChI=1S/C6H12N3O6P3/c1-3-12-16-7-17-9-11-2-5-14-18(9,8(16)10-1)15-6-4-13-17/h1-6H2/q+2. The van der Waals surface area contributed by atoms with E-state index in [0.29, 0.717) is 39.6 Å². The molecule has 0 N–H and O–H groups in total. The Hall–Kier alpha value is 0.640. The van der Waals surface area contributed by atoms with Crippen molar-refractivity contribution in [2.75, 3.05) is 39.6 Å². The van der Waals surface area contributed by atoms with Crippen LogP contribution in [0, 0.1) is 0 Å². The normalized spacial score (nSPS) is 43.6. The van der Waals surface area contributed by atoms with E-state index >= 15 is 0 Å². The van der Waals surface area contributed by atoms with Crippen LogP contribution in [0.1, 0.15) is 0 Å². The first-order valence-corrected chi connectivity index (χ1v) is 9.39. The lowest BCUT2D eigenvalue weighted by Crippen LogP contribution is -2.40. The molecule has 0 amide bonds. The lowest BCUT2D eigenvalue weighted by molar-refractivity contribution is -0.138. The zero-order valence-corrected chi connectivity index (χ0v) is 12.1. The van der Waals surface area contributed by atoms with Crippen molar-refractivity contribution in [2.45, 2.75) is 0 Å². The minimum Gasteiger partial charge on any atom is -0.317 e. The summed E-state index contributed by atoms with van der Waals surface area (Å²) in [6, 6.07) is 0. The van der Waals surface area contributed by atoms with Crippen LogP contribution in [0.5, 0.6) is 0 Å². The van der Waals surface area contributed by atoms with Crippen molar-refractivity contribution in [2.24, 2.45) is 4.52 Å². The Labute approximate surface area is 106 Å². The predicted molar refractivity (Wildman–Crippen MR) is 62.6 cm³/mol. The van der Waals surface area contributed by atoms with E-state index < -0.39 is 24.6 Å². The second-order valence-electron chi connectivity index (χ2n) is 3.59. The number of nitrogens with zero attached hydrogens (tertiary/aromatic N) is 3. The van der Waals surface area contributed by atoms with E-state index in [9.17, 15) is 0 Å². The van der Waals surface area contributed by atoms with Crippen molar-refractivity contribution in [3.63, 3.8) is 0 Å². The van der Waals surface area contributed by atoms with E-state index in [2.05, 4.69) is 4.52 Å². The highest BCUT2D eigenvalue weighted by Gasteiger charge is 2.78. The van der Waals surface area contributed by atoms with Crippen molar-refractivity contribution >= 4 is 24.6 Å². The van der Waals surface area contributed by atoms with E-state index in [1.54, 1.807) is 9.21 Å². The fourth-order valence-corrected chi connectivity index (χ4v) is 9.76. The Bertz CT molecular complexity index is 388. The fraction of sp³-hybridized carbons (Fsp3) is 1.00. The van der Waals surface area contributed by atoms with Crippen LogP contribution in [-0.2, 0) is 27.8 Å². The Morgan fingerprint density at radius 1 is 1.00 bits per heavy atom. The summed E-state index contributed by atoms with van der Waals surface area (Å²) in [7, 11) is -5.06. The fourth-order valence-electron chi connectivity index (χ4n) is 1.81. The van der Waals surface area contributed by atoms with Gasteiger partial charge in [0, 0.05) is 4.52 Å². The van der Waals surface area contributed by atoms with Gasteiger partial charge < -0.3 is 4.52 Å². The average molecular weight is 315 g/mol. The van der Waals surface area contributed by atoms with Gasteiger partial charge in [0.15, 0.2) is 0 Å². The van der Waals surface area contributed by atoms with Crippen molar-refractivity contribution in [3.8, 4) is 0 Å². The molecular weight excluding hydrogens is 303 g/mol. The summed E-state index contributed by atoms with van der Waals surface area (Å²) in [6.07, 6.45) is 0. The van der Waals surface area contributed by atoms with Gasteiger partial charge in [0.2, 0.25) is 0 Å². The summed E-state index contributed by atoms with van der Waals surface area (Å²) in [5, 5.41) is 0. The Kier molecular flexibility index (Phi) is 3.36. The van der Waals surface area contributed by atoms with Gasteiger partial charge in [0.1, 0.15) is 33.0 Å². The molecule has 0 radical (unpaired) electrons. The minimum absolute atomic E-state index is 0.436. The van der Waals surface area contributed by atoms with Crippen LogP contribution in [0.2, 0.25) is 0 Å². The van der Waals surface area contributed by atoms with Crippen molar-refractivity contribution < 1.29 is 27.8 Å². The molecule has 4 rings (SSSR count). The van der Waals surface area contributed by atoms with Crippen LogP contribution in [0.4, 0.5) is 0 Å². The van der Waals surface area contributed by atoms with Gasteiger partial charge in [0.25, 0.3) is 4.60 Å². The van der Waals surface area contributed by atoms with Crippen molar-refractivity contribution in [1.82, 2.24) is 9.21 Å². The predicted octanol–water partition coefficient (Wildman–Crippen LogP) is 1.97. The summed E-state index contributed by atoms with van der Waals surface area (Å²) in [5.41, 5.74) is 0. The van der Waals surface area contributed by atoms with E-state index in [0.717, 1.165) is 0 Å². The van der Waals surface area contributed by atoms with Gasteiger partial charge in [-0.1, -0.05) is 0 Å². The Morgan fingerprint density at radius 2 is 1.83 bits per heavy atom. The molecule has 4 aliphatic heterocycles. The maximum Gasteiger partial charge on any atom is 0.556 e. The van der Waals surface area contributed by atoms with E-state index in [1.165, 1.54) is 0 Å². The van der Waals surface area contributed by atoms with E-state index in [4.69, 9.17) is 27.8 Å². The quantitative estimate of drug-likeness (QED) is 0.628. The maximum absolute atomic E-state index is 5.89. The highest BCUT2D eigenvalue weighted by molar-refractivity contribution is 7.80. The van der Waals surface area contributed by atoms with Gasteiger partial charge in [-0.25, -0.2) is 4.84 Å². The molecule has 0 aliphatic carbocycles. The van der Waals surface area contributed by atoms with Gasteiger partial charge in [-0.15, -0.1) is 4.52 Å². The molecule has 3 atom stereocenters. The third-order valence-electron chi connectivity index (χ3n) is 2.47. The summed E-state index contributed by atoms with van der Waals surface area (Å²) >= 11 is 0. The zero-order chi connectivity index (χ0) is 12.0. The molecule has 0 aromatic heterocycles. The molecule has 4 heterocycles. The lowest BCUT2D eigenvalue weighted by Gasteiger charge is -2.35. The van der Waals surface area contributed by atoms with Gasteiger partial charge >= 0.3 is 24.6 Å². The average Bonchev–Trinajstić information content (AvgIpc) is 2.56. The van der Waals surface area contributed by atoms with Gasteiger partial charge in [-0.3, -0.25) is 4.84 Å². The molecule has 9 nitrogen and oxygen atoms in total. The number of fused-ring (bicyclic) bond motifs is 1. The van der Waals surface area contributed by atoms with Crippen LogP contribution >= 0.6 is 24.6 Å². The van der Waals surface area contributed by atoms with Crippen LogP contribution in [0.15, 0.2) is 4.52 Å². The Balaban J connectivity index is 1.79. The van der Waals surface area contributed by atoms with Crippen LogP contribution in [0.25, 0.3) is 0 Å². The molecule has 0 aromatic carbocycles. The molecular formula is C6H12N3O6P3+2. The second-order valence-corrected chi connectivity index (χ2v) is 9.42. The molecule has 12 heteroatoms. The molecule has 4 aliphatic rings. The molecule has 3 unspecified atom stereocenters. The van der Waals surface area contributed by atoms with Crippen molar-refractivity contribution in [1.29, 1.82) is 0 Å². The number of rotatable bonds is 0. The molecule has 18 heavy (non-hydrogen) atoms. The third kappa shape index (κ3) is 1.79. The smallest absolute Gasteiger partial charge is 0.317 e. The number of hydrogen-bond acceptors (Lipinski definition) is 9. The highest BCUT2D eigenvalue weighted by atomic mass is 31.3. The molecule has 0 aromatic rings. The molecule has 0 spiro atoms. The molecule has 0 saturated carbocycles. The second kappa shape index (κ2) is 4.88. The maximum atomic E-state index is 5.89. The summed E-state index contributed by atoms with van der Waals surface area (Å²) in [4.78, 5) is 11.3. The van der Waals surface area contributed by atoms with Gasteiger partial charge in [-0.05, 0) is 0 Å². The molecule has 3 saturated heterocycles. The zero-order valence-electron chi connectivity index (χ0n) is 9.38. The lowest BCUT2D eigenvalue weighted by atomic mass is 10.8. The van der Waals surface area contributed by atoms with Crippen LogP contribution < -0.4 is 0 Å². The number of hydrogen-bond donors (Lipinski definition) is 0. The first-order valence-electron chi connectivity index (χ1n) is 5.53. The first kappa shape index (κ1) is 12.4.